The minimum Gasteiger partial charge on any atom is -0.481 e. The van der Waals surface area contributed by atoms with Crippen LogP contribution in [0.3, 0.4) is 0 Å². The number of hydrogen-bond acceptors (Lipinski definition) is 4. The Hall–Kier alpha value is -3.94. The number of aliphatic carboxylic acids is 1. The number of nitrogen functional groups attached to an aromatic ring is 1. The van der Waals surface area contributed by atoms with Crippen LogP contribution in [0.1, 0.15) is 33.5 Å². The molecule has 8 heteroatoms. The van der Waals surface area contributed by atoms with Crippen LogP contribution in [0.5, 0.6) is 0 Å². The predicted octanol–water partition coefficient (Wildman–Crippen LogP) is 2.03. The van der Waals surface area contributed by atoms with E-state index in [-0.39, 0.29) is 37.2 Å². The van der Waals surface area contributed by atoms with Crippen LogP contribution in [-0.4, -0.2) is 53.8 Å². The fourth-order valence-corrected chi connectivity index (χ4v) is 3.14. The Morgan fingerprint density at radius 3 is 2.40 bits per heavy atom. The number of fused-ring (bicyclic) bond motifs is 1. The molecule has 1 aliphatic heterocycles. The smallest absolute Gasteiger partial charge is 0.305 e. The molecule has 0 bridgehead atoms. The highest BCUT2D eigenvalue weighted by molar-refractivity contribution is 6.09. The van der Waals surface area contributed by atoms with E-state index in [4.69, 9.17) is 16.2 Å². The monoisotopic (exact) mass is 406 g/mol. The number of amides is 2. The highest BCUT2D eigenvalue weighted by atomic mass is 16.4. The van der Waals surface area contributed by atoms with E-state index in [1.165, 1.54) is 9.80 Å². The molecule has 0 fully saturated rings. The van der Waals surface area contributed by atoms with Crippen LogP contribution in [0.2, 0.25) is 0 Å². The van der Waals surface area contributed by atoms with Gasteiger partial charge in [-0.1, -0.05) is 42.5 Å². The topological polar surface area (TPSA) is 128 Å². The Bertz CT molecular complexity index is 1040. The maximum Gasteiger partial charge on any atom is 0.305 e. The van der Waals surface area contributed by atoms with E-state index in [2.05, 4.69) is 0 Å². The van der Waals surface area contributed by atoms with Crippen molar-refractivity contribution in [3.05, 3.63) is 64.7 Å². The van der Waals surface area contributed by atoms with Crippen LogP contribution in [0.25, 0.3) is 12.2 Å². The Labute approximate surface area is 173 Å². The normalized spacial score (nSPS) is 14.0. The summed E-state index contributed by atoms with van der Waals surface area (Å²) in [6.07, 6.45) is 3.47. The summed E-state index contributed by atoms with van der Waals surface area (Å²) >= 11 is 0. The Balaban J connectivity index is 1.89. The molecule has 2 aromatic carbocycles. The van der Waals surface area contributed by atoms with Gasteiger partial charge in [-0.2, -0.15) is 0 Å². The second-order valence-corrected chi connectivity index (χ2v) is 6.97. The lowest BCUT2D eigenvalue weighted by atomic mass is 10.0. The summed E-state index contributed by atoms with van der Waals surface area (Å²) in [7, 11) is 1.60. The molecule has 0 radical (unpaired) electrons. The number of nitrogens with zero attached hydrogens (tertiary/aromatic N) is 2. The molecule has 0 saturated carbocycles. The number of amidine groups is 1. The van der Waals surface area contributed by atoms with Gasteiger partial charge in [-0.15, -0.1) is 0 Å². The number of hydrogen-bond donors (Lipinski definition) is 3. The zero-order chi connectivity index (χ0) is 21.8. The van der Waals surface area contributed by atoms with Crippen molar-refractivity contribution < 1.29 is 19.5 Å². The van der Waals surface area contributed by atoms with Crippen molar-refractivity contribution in [2.45, 2.75) is 6.42 Å². The summed E-state index contributed by atoms with van der Waals surface area (Å²) in [6, 6.07) is 12.4. The van der Waals surface area contributed by atoms with Crippen molar-refractivity contribution >= 4 is 41.5 Å². The van der Waals surface area contributed by atoms with Gasteiger partial charge in [0.1, 0.15) is 12.4 Å². The maximum atomic E-state index is 13.0. The number of carbonyl (C=O) groups excluding carboxylic acids is 2. The van der Waals surface area contributed by atoms with Gasteiger partial charge in [0.2, 0.25) is 5.91 Å². The first-order valence-electron chi connectivity index (χ1n) is 9.30. The first kappa shape index (κ1) is 20.8. The minimum atomic E-state index is -1.03. The van der Waals surface area contributed by atoms with Crippen LogP contribution >= 0.6 is 0 Å². The molecule has 4 N–H and O–H groups in total. The van der Waals surface area contributed by atoms with Gasteiger partial charge < -0.3 is 20.6 Å². The first-order valence-corrected chi connectivity index (χ1v) is 9.30. The minimum absolute atomic E-state index is 0.000846. The van der Waals surface area contributed by atoms with Crippen molar-refractivity contribution in [3.63, 3.8) is 0 Å². The van der Waals surface area contributed by atoms with E-state index in [9.17, 15) is 14.4 Å². The molecule has 2 amide bonds. The molecule has 0 aromatic heterocycles. The van der Waals surface area contributed by atoms with E-state index >= 15 is 0 Å². The number of benzene rings is 2. The SMILES string of the molecule is CN1C(=O)CN(CCC(=O)O)C(=O)c2cc(C=Cc3ccc(C(=N)N)cc3)ccc21. The molecule has 0 aliphatic carbocycles. The molecule has 0 spiro atoms. The molecular formula is C22H22N4O4. The zero-order valence-electron chi connectivity index (χ0n) is 16.5. The summed E-state index contributed by atoms with van der Waals surface area (Å²) in [5, 5.41) is 16.4. The lowest BCUT2D eigenvalue weighted by Crippen LogP contribution is -2.38. The fourth-order valence-electron chi connectivity index (χ4n) is 3.14. The van der Waals surface area contributed by atoms with Gasteiger partial charge in [0, 0.05) is 19.2 Å². The highest BCUT2D eigenvalue weighted by Gasteiger charge is 2.29. The van der Waals surface area contributed by atoms with E-state index in [0.29, 0.717) is 16.8 Å². The van der Waals surface area contributed by atoms with Gasteiger partial charge in [-0.05, 0) is 23.3 Å². The van der Waals surface area contributed by atoms with Crippen LogP contribution in [0.15, 0.2) is 42.5 Å². The number of carbonyl (C=O) groups is 3. The average molecular weight is 406 g/mol. The van der Waals surface area contributed by atoms with Crippen LogP contribution in [0.4, 0.5) is 5.69 Å². The quantitative estimate of drug-likeness (QED) is 0.384. The van der Waals surface area contributed by atoms with Crippen molar-refractivity contribution in [3.8, 4) is 0 Å². The first-order chi connectivity index (χ1) is 14.3. The molecular weight excluding hydrogens is 384 g/mol. The fraction of sp³-hybridized carbons (Fsp3) is 0.182. The molecule has 1 heterocycles. The molecule has 3 rings (SSSR count). The van der Waals surface area contributed by atoms with Crippen LogP contribution < -0.4 is 10.6 Å². The van der Waals surface area contributed by atoms with Gasteiger partial charge in [0.05, 0.1) is 17.7 Å². The van der Waals surface area contributed by atoms with Gasteiger partial charge in [-0.3, -0.25) is 19.8 Å². The molecule has 0 saturated heterocycles. The predicted molar refractivity (Wildman–Crippen MR) is 114 cm³/mol. The van der Waals surface area contributed by atoms with Gasteiger partial charge in [0.25, 0.3) is 5.91 Å². The molecule has 1 aliphatic rings. The number of likely N-dealkylation sites (N-methyl/N-ethyl adjacent to an activating group) is 1. The van der Waals surface area contributed by atoms with Crippen molar-refractivity contribution in [1.29, 1.82) is 5.41 Å². The van der Waals surface area contributed by atoms with Crippen LogP contribution in [-0.2, 0) is 9.59 Å². The number of carboxylic acids is 1. The number of anilines is 1. The number of nitrogens with two attached hydrogens (primary N) is 1. The number of rotatable bonds is 6. The van der Waals surface area contributed by atoms with E-state index in [1.54, 1.807) is 31.3 Å². The van der Waals surface area contributed by atoms with Crippen LogP contribution in [0, 0.1) is 5.41 Å². The third-order valence-corrected chi connectivity index (χ3v) is 4.89. The molecule has 154 valence electrons. The Morgan fingerprint density at radius 2 is 1.77 bits per heavy atom. The second kappa shape index (κ2) is 8.60. The lowest BCUT2D eigenvalue weighted by molar-refractivity contribution is -0.137. The third-order valence-electron chi connectivity index (χ3n) is 4.89. The van der Waals surface area contributed by atoms with Gasteiger partial charge in [-0.25, -0.2) is 0 Å². The average Bonchev–Trinajstić information content (AvgIpc) is 2.81. The Morgan fingerprint density at radius 1 is 1.13 bits per heavy atom. The number of carboxylic acid groups (broad SMARTS) is 1. The zero-order valence-corrected chi connectivity index (χ0v) is 16.5. The van der Waals surface area contributed by atoms with E-state index < -0.39 is 5.97 Å². The second-order valence-electron chi connectivity index (χ2n) is 6.97. The highest BCUT2D eigenvalue weighted by Crippen LogP contribution is 2.27. The van der Waals surface area contributed by atoms with Crippen molar-refractivity contribution in [1.82, 2.24) is 4.90 Å². The summed E-state index contributed by atoms with van der Waals surface area (Å²) in [5.41, 5.74) is 8.60. The lowest BCUT2D eigenvalue weighted by Gasteiger charge is -2.18. The molecule has 0 unspecified atom stereocenters. The van der Waals surface area contributed by atoms with E-state index in [1.807, 2.05) is 30.4 Å². The van der Waals surface area contributed by atoms with Crippen molar-refractivity contribution in [2.24, 2.45) is 5.73 Å². The summed E-state index contributed by atoms with van der Waals surface area (Å²) in [5.74, 6) is -1.67. The molecule has 2 aromatic rings. The summed E-state index contributed by atoms with van der Waals surface area (Å²) < 4.78 is 0. The summed E-state index contributed by atoms with van der Waals surface area (Å²) in [4.78, 5) is 38.9. The van der Waals surface area contributed by atoms with Crippen molar-refractivity contribution in [2.75, 3.05) is 25.0 Å². The standard InChI is InChI=1S/C22H22N4O4/c1-25-18-9-6-15(3-2-14-4-7-16(8-5-14)21(23)24)12-17(18)22(30)26(13-19(25)27)11-10-20(28)29/h2-9,12H,10-11,13H2,1H3,(H3,23,24)(H,28,29). The molecule has 0 atom stereocenters. The molecule has 30 heavy (non-hydrogen) atoms. The maximum absolute atomic E-state index is 13.0. The van der Waals surface area contributed by atoms with E-state index in [0.717, 1.165) is 11.1 Å². The van der Waals surface area contributed by atoms with Gasteiger partial charge >= 0.3 is 5.97 Å². The third kappa shape index (κ3) is 4.54. The van der Waals surface area contributed by atoms with Gasteiger partial charge in [0.15, 0.2) is 0 Å². The Kier molecular flexibility index (Phi) is 5.96. The summed E-state index contributed by atoms with van der Waals surface area (Å²) in [6.45, 7) is -0.194. The largest absolute Gasteiger partial charge is 0.481 e. The number of nitrogens with one attached hydrogen (secondary N) is 1. The molecule has 8 nitrogen and oxygen atoms in total.